The summed E-state index contributed by atoms with van der Waals surface area (Å²) >= 11 is 0. The highest BCUT2D eigenvalue weighted by Gasteiger charge is 2.25. The van der Waals surface area contributed by atoms with Crippen molar-refractivity contribution in [1.29, 1.82) is 0 Å². The summed E-state index contributed by atoms with van der Waals surface area (Å²) in [6, 6.07) is -0.997. The summed E-state index contributed by atoms with van der Waals surface area (Å²) < 4.78 is 1.20. The van der Waals surface area contributed by atoms with Gasteiger partial charge in [0.2, 0.25) is 0 Å². The third-order valence-corrected chi connectivity index (χ3v) is 1.84. The van der Waals surface area contributed by atoms with Crippen LogP contribution in [-0.4, -0.2) is 26.4 Å². The Kier molecular flexibility index (Phi) is 3.21. The lowest BCUT2D eigenvalue weighted by molar-refractivity contribution is -0.385. The van der Waals surface area contributed by atoms with Crippen molar-refractivity contribution in [2.75, 3.05) is 6.61 Å². The molecule has 0 bridgehead atoms. The van der Waals surface area contributed by atoms with Gasteiger partial charge in [-0.15, -0.1) is 0 Å². The van der Waals surface area contributed by atoms with E-state index in [-0.39, 0.29) is 11.4 Å². The lowest BCUT2D eigenvalue weighted by atomic mass is 10.2. The molecular formula is C6H8N6O3. The molecule has 0 amide bonds. The molecule has 1 aromatic rings. The zero-order valence-corrected chi connectivity index (χ0v) is 7.81. The summed E-state index contributed by atoms with van der Waals surface area (Å²) in [7, 11) is 1.47. The van der Waals surface area contributed by atoms with Gasteiger partial charge in [-0.3, -0.25) is 14.8 Å². The van der Waals surface area contributed by atoms with Gasteiger partial charge < -0.3 is 5.11 Å². The minimum absolute atomic E-state index is 0.0836. The molecule has 15 heavy (non-hydrogen) atoms. The van der Waals surface area contributed by atoms with Crippen LogP contribution >= 0.6 is 0 Å². The molecule has 1 atom stereocenters. The zero-order valence-electron chi connectivity index (χ0n) is 7.81. The van der Waals surface area contributed by atoms with Crippen LogP contribution in [0.15, 0.2) is 11.3 Å². The van der Waals surface area contributed by atoms with Gasteiger partial charge in [0.05, 0.1) is 11.5 Å². The van der Waals surface area contributed by atoms with Crippen molar-refractivity contribution in [3.63, 3.8) is 0 Å². The first-order valence-corrected chi connectivity index (χ1v) is 3.93. The molecule has 0 aliphatic carbocycles. The summed E-state index contributed by atoms with van der Waals surface area (Å²) in [5.41, 5.74) is 8.04. The van der Waals surface area contributed by atoms with E-state index in [1.165, 1.54) is 11.7 Å². The molecule has 1 N–H and O–H groups in total. The average Bonchev–Trinajstić information content (AvgIpc) is 2.57. The average molecular weight is 212 g/mol. The number of azide groups is 1. The van der Waals surface area contributed by atoms with Gasteiger partial charge in [-0.25, -0.2) is 0 Å². The Hall–Kier alpha value is -2.12. The summed E-state index contributed by atoms with van der Waals surface area (Å²) in [6.07, 6.45) is 1.05. The molecule has 0 aromatic carbocycles. The highest BCUT2D eigenvalue weighted by molar-refractivity contribution is 5.35. The molecule has 9 heteroatoms. The molecule has 0 radical (unpaired) electrons. The fraction of sp³-hybridized carbons (Fsp3) is 0.500. The van der Waals surface area contributed by atoms with E-state index in [2.05, 4.69) is 15.1 Å². The van der Waals surface area contributed by atoms with Crippen LogP contribution in [0.2, 0.25) is 0 Å². The van der Waals surface area contributed by atoms with Crippen LogP contribution in [0.25, 0.3) is 10.4 Å². The fourth-order valence-electron chi connectivity index (χ4n) is 1.20. The van der Waals surface area contributed by atoms with E-state index in [1.807, 2.05) is 0 Å². The summed E-state index contributed by atoms with van der Waals surface area (Å²) in [6.45, 7) is -0.509. The molecule has 0 spiro atoms. The fourth-order valence-corrected chi connectivity index (χ4v) is 1.20. The quantitative estimate of drug-likeness (QED) is 0.258. The molecule has 9 nitrogen and oxygen atoms in total. The smallest absolute Gasteiger partial charge is 0.310 e. The van der Waals surface area contributed by atoms with Crippen LogP contribution < -0.4 is 0 Å². The topological polar surface area (TPSA) is 130 Å². The maximum Gasteiger partial charge on any atom is 0.310 e. The Morgan fingerprint density at radius 3 is 3.07 bits per heavy atom. The molecule has 1 unspecified atom stereocenters. The van der Waals surface area contributed by atoms with Gasteiger partial charge in [0.1, 0.15) is 17.9 Å². The molecule has 0 fully saturated rings. The highest BCUT2D eigenvalue weighted by Crippen LogP contribution is 2.26. The van der Waals surface area contributed by atoms with Crippen LogP contribution in [0.3, 0.4) is 0 Å². The Morgan fingerprint density at radius 2 is 2.60 bits per heavy atom. The third-order valence-electron chi connectivity index (χ3n) is 1.84. The van der Waals surface area contributed by atoms with E-state index in [4.69, 9.17) is 10.6 Å². The number of aryl methyl sites for hydroxylation is 1. The Bertz CT molecular complexity index is 421. The monoisotopic (exact) mass is 212 g/mol. The number of nitrogens with zero attached hydrogens (tertiary/aromatic N) is 6. The van der Waals surface area contributed by atoms with Crippen molar-refractivity contribution in [3.8, 4) is 0 Å². The van der Waals surface area contributed by atoms with Crippen molar-refractivity contribution in [2.45, 2.75) is 6.04 Å². The number of aliphatic hydroxyl groups is 1. The summed E-state index contributed by atoms with van der Waals surface area (Å²) in [5.74, 6) is 0. The van der Waals surface area contributed by atoms with Gasteiger partial charge in [-0.2, -0.15) is 5.10 Å². The van der Waals surface area contributed by atoms with Gasteiger partial charge in [0.25, 0.3) is 0 Å². The van der Waals surface area contributed by atoms with Crippen molar-refractivity contribution < 1.29 is 10.0 Å². The Balaban J connectivity index is 3.26. The second kappa shape index (κ2) is 4.40. The number of hydrogen-bond acceptors (Lipinski definition) is 5. The first kappa shape index (κ1) is 11.0. The van der Waals surface area contributed by atoms with Crippen molar-refractivity contribution in [2.24, 2.45) is 12.2 Å². The van der Waals surface area contributed by atoms with E-state index in [0.717, 1.165) is 6.20 Å². The van der Waals surface area contributed by atoms with E-state index < -0.39 is 17.6 Å². The largest absolute Gasteiger partial charge is 0.396 e. The third kappa shape index (κ3) is 2.03. The Morgan fingerprint density at radius 1 is 1.93 bits per heavy atom. The molecule has 1 heterocycles. The molecule has 1 aromatic heterocycles. The van der Waals surface area contributed by atoms with Gasteiger partial charge in [-0.1, -0.05) is 5.11 Å². The van der Waals surface area contributed by atoms with Crippen LogP contribution in [0, 0.1) is 10.1 Å². The van der Waals surface area contributed by atoms with E-state index in [9.17, 15) is 10.1 Å². The standard InChI is InChI=1S/C6H8N6O3/c1-11-6(4(3-13)9-10-7)5(2-8-11)12(14)15/h2,4,13H,3H2,1H3. The van der Waals surface area contributed by atoms with Crippen LogP contribution in [-0.2, 0) is 7.05 Å². The minimum Gasteiger partial charge on any atom is -0.396 e. The first-order valence-electron chi connectivity index (χ1n) is 3.93. The van der Waals surface area contributed by atoms with Crippen molar-refractivity contribution in [3.05, 3.63) is 32.4 Å². The van der Waals surface area contributed by atoms with E-state index >= 15 is 0 Å². The minimum atomic E-state index is -0.997. The van der Waals surface area contributed by atoms with Gasteiger partial charge in [0, 0.05) is 12.0 Å². The lowest BCUT2D eigenvalue weighted by Gasteiger charge is -2.06. The second-order valence-electron chi connectivity index (χ2n) is 2.70. The van der Waals surface area contributed by atoms with Crippen LogP contribution in [0.4, 0.5) is 5.69 Å². The zero-order chi connectivity index (χ0) is 11.4. The predicted molar refractivity (Wildman–Crippen MR) is 48.8 cm³/mol. The number of aromatic nitrogens is 2. The molecule has 0 aliphatic heterocycles. The molecule has 80 valence electrons. The molecule has 0 saturated carbocycles. The van der Waals surface area contributed by atoms with E-state index in [0.29, 0.717) is 0 Å². The maximum absolute atomic E-state index is 10.6. The van der Waals surface area contributed by atoms with Crippen molar-refractivity contribution >= 4 is 5.69 Å². The van der Waals surface area contributed by atoms with Crippen LogP contribution in [0.1, 0.15) is 11.7 Å². The van der Waals surface area contributed by atoms with E-state index in [1.54, 1.807) is 0 Å². The summed E-state index contributed by atoms with van der Waals surface area (Å²) in [5, 5.41) is 26.5. The number of nitro groups is 1. The predicted octanol–water partition coefficient (Wildman–Crippen LogP) is 0.672. The number of rotatable bonds is 4. The molecule has 1 rings (SSSR count). The van der Waals surface area contributed by atoms with Gasteiger partial charge in [-0.05, 0) is 5.53 Å². The molecule has 0 aliphatic rings. The van der Waals surface area contributed by atoms with Crippen LogP contribution in [0.5, 0.6) is 0 Å². The Labute approximate surface area is 83.7 Å². The number of aliphatic hydroxyl groups excluding tert-OH is 1. The normalized spacial score (nSPS) is 11.9. The van der Waals surface area contributed by atoms with Gasteiger partial charge in [0.15, 0.2) is 0 Å². The first-order chi connectivity index (χ1) is 7.11. The van der Waals surface area contributed by atoms with Gasteiger partial charge >= 0.3 is 5.69 Å². The highest BCUT2D eigenvalue weighted by atomic mass is 16.6. The summed E-state index contributed by atoms with van der Waals surface area (Å²) in [4.78, 5) is 12.5. The molecule has 0 saturated heterocycles. The lowest BCUT2D eigenvalue weighted by Crippen LogP contribution is -2.09. The maximum atomic E-state index is 10.6. The molecular weight excluding hydrogens is 204 g/mol. The van der Waals surface area contributed by atoms with Crippen molar-refractivity contribution in [1.82, 2.24) is 9.78 Å². The number of hydrogen-bond donors (Lipinski definition) is 1. The SMILES string of the molecule is Cn1ncc([N+](=O)[O-])c1C(CO)N=[N+]=[N-]. The second-order valence-corrected chi connectivity index (χ2v) is 2.70.